The summed E-state index contributed by atoms with van der Waals surface area (Å²) in [4.78, 5) is 10.2. The molecule has 0 aliphatic carbocycles. The lowest BCUT2D eigenvalue weighted by molar-refractivity contribution is -0.386. The number of hydrogen-bond donors (Lipinski definition) is 2. The summed E-state index contributed by atoms with van der Waals surface area (Å²) in [6.07, 6.45) is 1.36. The molecule has 0 aromatic heterocycles. The molecule has 0 amide bonds. The van der Waals surface area contributed by atoms with Gasteiger partial charge in [-0.15, -0.1) is 0 Å². The average Bonchev–Trinajstić information content (AvgIpc) is 2.50. The number of halogens is 1. The van der Waals surface area contributed by atoms with Crippen molar-refractivity contribution in [3.05, 3.63) is 57.1 Å². The number of hydrazone groups is 1. The van der Waals surface area contributed by atoms with Gasteiger partial charge in [-0.05, 0) is 18.2 Å². The molecule has 0 radical (unpaired) electrons. The van der Waals surface area contributed by atoms with Crippen molar-refractivity contribution in [2.24, 2.45) is 5.10 Å². The van der Waals surface area contributed by atoms with Crippen LogP contribution in [0.25, 0.3) is 0 Å². The Morgan fingerprint density at radius 2 is 2.14 bits per heavy atom. The third kappa shape index (κ3) is 3.44. The highest BCUT2D eigenvalue weighted by Crippen LogP contribution is 2.36. The maximum absolute atomic E-state index is 10.9. The van der Waals surface area contributed by atoms with E-state index in [2.05, 4.69) is 10.5 Å². The third-order valence-corrected chi connectivity index (χ3v) is 3.10. The molecule has 0 saturated carbocycles. The molecule has 8 heteroatoms. The maximum Gasteiger partial charge on any atom is 0.315 e. The van der Waals surface area contributed by atoms with E-state index >= 15 is 0 Å². The number of aromatic hydroxyl groups is 1. The van der Waals surface area contributed by atoms with Crippen LogP contribution in [0.2, 0.25) is 5.02 Å². The fourth-order valence-electron chi connectivity index (χ4n) is 1.71. The van der Waals surface area contributed by atoms with Gasteiger partial charge >= 0.3 is 5.69 Å². The lowest BCUT2D eigenvalue weighted by Crippen LogP contribution is -1.96. The van der Waals surface area contributed by atoms with E-state index in [-0.39, 0.29) is 5.75 Å². The van der Waals surface area contributed by atoms with Crippen molar-refractivity contribution in [2.45, 2.75) is 0 Å². The Labute approximate surface area is 130 Å². The number of methoxy groups -OCH3 is 1. The van der Waals surface area contributed by atoms with Crippen LogP contribution in [0.15, 0.2) is 41.5 Å². The highest BCUT2D eigenvalue weighted by atomic mass is 35.5. The molecule has 7 nitrogen and oxygen atoms in total. The van der Waals surface area contributed by atoms with E-state index in [1.54, 1.807) is 24.3 Å². The molecule has 2 aromatic carbocycles. The molecule has 0 bridgehead atoms. The Balaban J connectivity index is 2.26. The molecule has 0 fully saturated rings. The number of anilines is 1. The molecule has 0 saturated heterocycles. The van der Waals surface area contributed by atoms with Gasteiger partial charge in [0.2, 0.25) is 5.75 Å². The minimum Gasteiger partial charge on any atom is -0.500 e. The van der Waals surface area contributed by atoms with Gasteiger partial charge in [0.05, 0.1) is 29.0 Å². The van der Waals surface area contributed by atoms with Gasteiger partial charge in [-0.2, -0.15) is 5.10 Å². The first-order valence-electron chi connectivity index (χ1n) is 6.12. The summed E-state index contributed by atoms with van der Waals surface area (Å²) in [7, 11) is 1.31. The predicted octanol–water partition coefficient (Wildman–Crippen LogP) is 3.41. The summed E-state index contributed by atoms with van der Waals surface area (Å²) in [6, 6.07) is 9.63. The van der Waals surface area contributed by atoms with Crippen LogP contribution in [-0.2, 0) is 0 Å². The van der Waals surface area contributed by atoms with Gasteiger partial charge in [0.25, 0.3) is 0 Å². The molecule has 0 atom stereocenters. The number of phenolic OH excluding ortho intramolecular Hbond substituents is 1. The lowest BCUT2D eigenvalue weighted by Gasteiger charge is -2.05. The van der Waals surface area contributed by atoms with E-state index < -0.39 is 16.4 Å². The van der Waals surface area contributed by atoms with Crippen LogP contribution in [0.3, 0.4) is 0 Å². The van der Waals surface area contributed by atoms with Crippen molar-refractivity contribution in [1.82, 2.24) is 0 Å². The predicted molar refractivity (Wildman–Crippen MR) is 84.0 cm³/mol. The number of nitrogens with zero attached hydrogens (tertiary/aromatic N) is 2. The molecule has 22 heavy (non-hydrogen) atoms. The Hall–Kier alpha value is -2.80. The van der Waals surface area contributed by atoms with E-state index in [1.807, 2.05) is 0 Å². The second-order valence-electron chi connectivity index (χ2n) is 4.20. The van der Waals surface area contributed by atoms with Crippen LogP contribution in [0, 0.1) is 10.1 Å². The number of nitrogens with one attached hydrogen (secondary N) is 1. The van der Waals surface area contributed by atoms with E-state index in [9.17, 15) is 15.2 Å². The SMILES string of the molecule is COc1cc(/C=N/Nc2ccccc2Cl)cc([N+](=O)[O-])c1O. The van der Waals surface area contributed by atoms with E-state index in [0.29, 0.717) is 16.3 Å². The second-order valence-corrected chi connectivity index (χ2v) is 4.61. The van der Waals surface area contributed by atoms with Crippen molar-refractivity contribution < 1.29 is 14.8 Å². The third-order valence-electron chi connectivity index (χ3n) is 2.77. The topological polar surface area (TPSA) is 97.0 Å². The van der Waals surface area contributed by atoms with E-state index in [4.69, 9.17) is 16.3 Å². The molecule has 2 aromatic rings. The standard InChI is InChI=1S/C14H12ClN3O4/c1-22-13-7-9(6-12(14(13)19)18(20)21)8-16-17-11-5-3-2-4-10(11)15/h2-8,17,19H,1H3/b16-8+. The molecular weight excluding hydrogens is 310 g/mol. The fraction of sp³-hybridized carbons (Fsp3) is 0.0714. The molecule has 0 heterocycles. The van der Waals surface area contributed by atoms with Gasteiger partial charge in [0.1, 0.15) is 0 Å². The zero-order valence-electron chi connectivity index (χ0n) is 11.5. The summed E-state index contributed by atoms with van der Waals surface area (Å²) < 4.78 is 4.90. The zero-order chi connectivity index (χ0) is 16.1. The van der Waals surface area contributed by atoms with Gasteiger partial charge in [-0.3, -0.25) is 15.5 Å². The van der Waals surface area contributed by atoms with Crippen LogP contribution in [0.1, 0.15) is 5.56 Å². The number of ether oxygens (including phenoxy) is 1. The number of nitro groups is 1. The van der Waals surface area contributed by atoms with Gasteiger partial charge in [-0.1, -0.05) is 23.7 Å². The highest BCUT2D eigenvalue weighted by molar-refractivity contribution is 6.33. The molecule has 0 unspecified atom stereocenters. The van der Waals surface area contributed by atoms with Gasteiger partial charge in [-0.25, -0.2) is 0 Å². The zero-order valence-corrected chi connectivity index (χ0v) is 12.2. The van der Waals surface area contributed by atoms with Crippen molar-refractivity contribution >= 4 is 29.2 Å². The molecule has 2 rings (SSSR count). The van der Waals surface area contributed by atoms with Crippen molar-refractivity contribution in [3.8, 4) is 11.5 Å². The number of benzene rings is 2. The van der Waals surface area contributed by atoms with Crippen LogP contribution in [0.5, 0.6) is 11.5 Å². The first-order valence-corrected chi connectivity index (χ1v) is 6.49. The summed E-state index contributed by atoms with van der Waals surface area (Å²) in [5, 5.41) is 25.0. The summed E-state index contributed by atoms with van der Waals surface area (Å²) in [5.74, 6) is -0.530. The number of phenols is 1. The Bertz CT molecular complexity index is 734. The van der Waals surface area contributed by atoms with Crippen LogP contribution in [0.4, 0.5) is 11.4 Å². The van der Waals surface area contributed by atoms with E-state index in [0.717, 1.165) is 0 Å². The first-order chi connectivity index (χ1) is 10.5. The average molecular weight is 322 g/mol. The monoisotopic (exact) mass is 321 g/mol. The number of nitro benzene ring substituents is 1. The second kappa shape index (κ2) is 6.77. The van der Waals surface area contributed by atoms with Gasteiger partial charge in [0.15, 0.2) is 5.75 Å². The fourth-order valence-corrected chi connectivity index (χ4v) is 1.89. The van der Waals surface area contributed by atoms with Gasteiger partial charge < -0.3 is 9.84 Å². The molecule has 2 N–H and O–H groups in total. The Morgan fingerprint density at radius 1 is 1.41 bits per heavy atom. The summed E-state index contributed by atoms with van der Waals surface area (Å²) >= 11 is 5.96. The quantitative estimate of drug-likeness (QED) is 0.499. The molecule has 114 valence electrons. The minimum absolute atomic E-state index is 0.00612. The summed E-state index contributed by atoms with van der Waals surface area (Å²) in [6.45, 7) is 0. The highest BCUT2D eigenvalue weighted by Gasteiger charge is 2.19. The number of hydrogen-bond acceptors (Lipinski definition) is 6. The van der Waals surface area contributed by atoms with Crippen molar-refractivity contribution in [1.29, 1.82) is 0 Å². The van der Waals surface area contributed by atoms with Crippen LogP contribution in [-0.4, -0.2) is 23.4 Å². The number of rotatable bonds is 5. The largest absolute Gasteiger partial charge is 0.500 e. The maximum atomic E-state index is 10.9. The number of para-hydroxylation sites is 1. The lowest BCUT2D eigenvalue weighted by atomic mass is 10.2. The van der Waals surface area contributed by atoms with Crippen molar-refractivity contribution in [3.63, 3.8) is 0 Å². The molecule has 0 aliphatic rings. The Kier molecular flexibility index (Phi) is 4.80. The summed E-state index contributed by atoms with van der Waals surface area (Å²) in [5.41, 5.74) is 3.25. The van der Waals surface area contributed by atoms with Crippen molar-refractivity contribution in [2.75, 3.05) is 12.5 Å². The molecule has 0 spiro atoms. The smallest absolute Gasteiger partial charge is 0.315 e. The molecule has 0 aliphatic heterocycles. The normalized spacial score (nSPS) is 10.6. The van der Waals surface area contributed by atoms with Crippen LogP contribution >= 0.6 is 11.6 Å². The van der Waals surface area contributed by atoms with E-state index in [1.165, 1.54) is 25.5 Å². The minimum atomic E-state index is -0.698. The van der Waals surface area contributed by atoms with Gasteiger partial charge in [0, 0.05) is 11.6 Å². The Morgan fingerprint density at radius 3 is 2.77 bits per heavy atom. The first kappa shape index (κ1) is 15.6. The molecular formula is C14H12ClN3O4. The van der Waals surface area contributed by atoms with Crippen LogP contribution < -0.4 is 10.2 Å².